The van der Waals surface area contributed by atoms with E-state index < -0.39 is 35.3 Å². The molecule has 2 unspecified atom stereocenters. The van der Waals surface area contributed by atoms with Crippen LogP contribution in [0.2, 0.25) is 0 Å². The molecule has 4 aromatic rings. The average molecular weight is 1100 g/mol. The van der Waals surface area contributed by atoms with Gasteiger partial charge in [0.1, 0.15) is 16.1 Å². The Hall–Kier alpha value is -4.74. The van der Waals surface area contributed by atoms with Crippen molar-refractivity contribution in [1.82, 2.24) is 19.6 Å². The molecule has 16 heteroatoms. The molecular weight excluding hydrogens is 1020 g/mol. The summed E-state index contributed by atoms with van der Waals surface area (Å²) in [7, 11) is 4.88. The maximum atomic E-state index is 12.5. The number of rotatable bonds is 10. The third-order valence-corrected chi connectivity index (χ3v) is 15.1. The lowest BCUT2D eigenvalue weighted by atomic mass is 9.75. The van der Waals surface area contributed by atoms with Crippen LogP contribution in [-0.2, 0) is 60.0 Å². The highest BCUT2D eigenvalue weighted by atomic mass is 79.9. The SMILES string of the molecule is CC1(C)OB(C2=CCCCCC2)OC1(C)C.COC(=O)C(OC(C)(C)C)c1c(-c2ccc3c(c2)CCCO3)c(Br)nn1C.Cn1nc(C2=CCCCCC2)c(-c2ccc3c(c2)CCCO3)c1C(OC(C)(C)C)C(=O)O. The lowest BCUT2D eigenvalue weighted by molar-refractivity contribution is -0.165. The number of fused-ring (bicyclic) bond motifs is 2. The number of nitrogens with zero attached hydrogens (tertiary/aromatic N) is 4. The third kappa shape index (κ3) is 14.3. The number of carbonyl (C=O) groups excluding carboxylic acids is 1. The van der Waals surface area contributed by atoms with Gasteiger partial charge in [0.05, 0.1) is 59.8 Å². The lowest BCUT2D eigenvalue weighted by Gasteiger charge is -2.32. The number of methoxy groups -OCH3 is 1. The molecule has 0 amide bonds. The molecule has 0 saturated carbocycles. The standard InChI is InChI=1S/C26H34N2O4.C20H25BrN2O4.C13H23BO2/c1-26(2,3)32-24(25(29)30)23-21(19-13-14-20-18(16-19)12-9-15-31-20)22(27-28(23)4)17-10-7-5-6-8-11-17;1-20(2,3)27-17(19(24)25-5)16-15(18(21)22-23(16)4)13-8-9-14-12(11-13)7-6-10-26-14;1-12(2)13(3,4)16-14(15-12)11-9-7-5-6-8-10-11/h10,13-14,16,24H,5-9,11-12,15H2,1-4H3,(H,29,30);8-9,11,17H,6-7,10H2,1-5H3;9H,5-8,10H2,1-4H3. The molecule has 2 aromatic heterocycles. The Kier molecular flexibility index (Phi) is 18.8. The number of carbonyl (C=O) groups is 2. The Balaban J connectivity index is 0.000000173. The number of aromatic nitrogens is 4. The second kappa shape index (κ2) is 24.3. The molecule has 75 heavy (non-hydrogen) atoms. The minimum Gasteiger partial charge on any atom is -0.493 e. The smallest absolute Gasteiger partial charge is 0.490 e. The van der Waals surface area contributed by atoms with Gasteiger partial charge in [-0.15, -0.1) is 0 Å². The van der Waals surface area contributed by atoms with Gasteiger partial charge < -0.3 is 38.1 Å². The second-order valence-electron chi connectivity index (χ2n) is 23.3. The van der Waals surface area contributed by atoms with Crippen LogP contribution in [0, 0.1) is 0 Å². The molecule has 14 nitrogen and oxygen atoms in total. The van der Waals surface area contributed by atoms with Crippen LogP contribution in [0.4, 0.5) is 0 Å². The van der Waals surface area contributed by atoms with Crippen molar-refractivity contribution in [3.05, 3.63) is 86.8 Å². The van der Waals surface area contributed by atoms with Crippen molar-refractivity contribution < 1.29 is 47.7 Å². The van der Waals surface area contributed by atoms with E-state index in [1.54, 1.807) is 16.4 Å². The topological polar surface area (TPSA) is 155 Å². The number of allylic oxidation sites excluding steroid dienone is 4. The molecule has 2 aromatic carbocycles. The number of carboxylic acid groups (broad SMARTS) is 1. The summed E-state index contributed by atoms with van der Waals surface area (Å²) in [5.74, 6) is 0.373. The molecule has 0 bridgehead atoms. The molecule has 2 aliphatic carbocycles. The molecule has 408 valence electrons. The second-order valence-corrected chi connectivity index (χ2v) is 24.1. The number of hydrogen-bond donors (Lipinski definition) is 1. The van der Waals surface area contributed by atoms with Crippen LogP contribution < -0.4 is 9.47 Å². The minimum atomic E-state index is -1.12. The van der Waals surface area contributed by atoms with E-state index in [-0.39, 0.29) is 18.3 Å². The number of hydrogen-bond acceptors (Lipinski definition) is 11. The average Bonchev–Trinajstić information content (AvgIpc) is 3.65. The summed E-state index contributed by atoms with van der Waals surface area (Å²) in [4.78, 5) is 24.9. The van der Waals surface area contributed by atoms with Crippen LogP contribution in [0.1, 0.15) is 187 Å². The van der Waals surface area contributed by atoms with Crippen molar-refractivity contribution in [2.45, 2.75) is 194 Å². The quantitative estimate of drug-likeness (QED) is 0.119. The van der Waals surface area contributed by atoms with Gasteiger partial charge in [0, 0.05) is 25.2 Å². The normalized spacial score (nSPS) is 19.1. The first-order valence-corrected chi connectivity index (χ1v) is 27.9. The van der Waals surface area contributed by atoms with Gasteiger partial charge in [0.2, 0.25) is 0 Å². The maximum absolute atomic E-state index is 12.5. The minimum absolute atomic E-state index is 0.108. The Morgan fingerprint density at radius 3 is 1.73 bits per heavy atom. The van der Waals surface area contributed by atoms with E-state index in [0.717, 1.165) is 115 Å². The fourth-order valence-electron chi connectivity index (χ4n) is 10.2. The van der Waals surface area contributed by atoms with E-state index in [4.69, 9.17) is 38.1 Å². The van der Waals surface area contributed by atoms with E-state index in [1.165, 1.54) is 56.7 Å². The summed E-state index contributed by atoms with van der Waals surface area (Å²) in [5.41, 5.74) is 9.07. The van der Waals surface area contributed by atoms with Crippen molar-refractivity contribution in [3.8, 4) is 33.8 Å². The Morgan fingerprint density at radius 2 is 1.19 bits per heavy atom. The van der Waals surface area contributed by atoms with Crippen LogP contribution in [0.3, 0.4) is 0 Å². The number of aryl methyl sites for hydroxylation is 4. The number of carboxylic acids is 1. The van der Waals surface area contributed by atoms with Crippen LogP contribution in [0.5, 0.6) is 11.5 Å². The van der Waals surface area contributed by atoms with Crippen LogP contribution in [-0.4, -0.2) is 86.5 Å². The molecule has 0 spiro atoms. The number of benzene rings is 2. The molecule has 5 heterocycles. The van der Waals surface area contributed by atoms with Gasteiger partial charge in [0.25, 0.3) is 0 Å². The zero-order chi connectivity index (χ0) is 54.5. The first kappa shape index (κ1) is 58.0. The van der Waals surface area contributed by atoms with E-state index in [2.05, 4.69) is 73.0 Å². The number of halogens is 1. The monoisotopic (exact) mass is 1100 g/mol. The van der Waals surface area contributed by atoms with Gasteiger partial charge in [-0.2, -0.15) is 10.2 Å². The summed E-state index contributed by atoms with van der Waals surface area (Å²) < 4.78 is 44.8. The molecule has 1 fully saturated rings. The summed E-state index contributed by atoms with van der Waals surface area (Å²) >= 11 is 3.55. The van der Waals surface area contributed by atoms with Crippen LogP contribution in [0.25, 0.3) is 27.8 Å². The molecule has 3 aliphatic heterocycles. The molecule has 2 atom stereocenters. The predicted octanol–water partition coefficient (Wildman–Crippen LogP) is 13.4. The number of esters is 1. The predicted molar refractivity (Wildman–Crippen MR) is 298 cm³/mol. The van der Waals surface area contributed by atoms with Crippen LogP contribution in [0.15, 0.2) is 58.6 Å². The van der Waals surface area contributed by atoms with Gasteiger partial charge in [-0.3, -0.25) is 9.36 Å². The van der Waals surface area contributed by atoms with Gasteiger partial charge in [-0.25, -0.2) is 9.59 Å². The van der Waals surface area contributed by atoms with Crippen molar-refractivity contribution in [3.63, 3.8) is 0 Å². The Labute approximate surface area is 454 Å². The third-order valence-electron chi connectivity index (χ3n) is 14.6. The zero-order valence-electron chi connectivity index (χ0n) is 47.0. The van der Waals surface area contributed by atoms with Crippen molar-refractivity contribution in [2.75, 3.05) is 20.3 Å². The van der Waals surface area contributed by atoms with Crippen molar-refractivity contribution in [1.29, 1.82) is 0 Å². The first-order valence-electron chi connectivity index (χ1n) is 27.1. The zero-order valence-corrected chi connectivity index (χ0v) is 48.5. The van der Waals surface area contributed by atoms with Gasteiger partial charge in [-0.05, 0) is 213 Å². The van der Waals surface area contributed by atoms with E-state index in [9.17, 15) is 14.7 Å². The summed E-state index contributed by atoms with van der Waals surface area (Å²) in [6.07, 6.45) is 18.2. The summed E-state index contributed by atoms with van der Waals surface area (Å²) in [6.45, 7) is 21.3. The van der Waals surface area contributed by atoms with Gasteiger partial charge in [0.15, 0.2) is 12.2 Å². The van der Waals surface area contributed by atoms with Gasteiger partial charge in [-0.1, -0.05) is 43.5 Å². The maximum Gasteiger partial charge on any atom is 0.490 e. The lowest BCUT2D eigenvalue weighted by Crippen LogP contribution is -2.41. The van der Waals surface area contributed by atoms with E-state index >= 15 is 0 Å². The highest BCUT2D eigenvalue weighted by Crippen LogP contribution is 2.44. The fraction of sp³-hybridized carbons (Fsp3) is 0.593. The molecule has 9 rings (SSSR count). The fourth-order valence-corrected chi connectivity index (χ4v) is 10.9. The van der Waals surface area contributed by atoms with E-state index in [1.807, 2.05) is 72.9 Å². The summed E-state index contributed by atoms with van der Waals surface area (Å²) in [5, 5.41) is 19.5. The number of ether oxygens (including phenoxy) is 5. The highest BCUT2D eigenvalue weighted by molar-refractivity contribution is 9.10. The summed E-state index contributed by atoms with van der Waals surface area (Å²) in [6, 6.07) is 12.2. The number of aliphatic carboxylic acids is 1. The highest BCUT2D eigenvalue weighted by Gasteiger charge is 2.52. The Bertz CT molecular complexity index is 2710. The van der Waals surface area contributed by atoms with E-state index in [0.29, 0.717) is 16.0 Å². The van der Waals surface area contributed by atoms with Crippen LogP contribution >= 0.6 is 15.9 Å². The largest absolute Gasteiger partial charge is 0.493 e. The molecule has 0 radical (unpaired) electrons. The first-order chi connectivity index (χ1) is 35.4. The van der Waals surface area contributed by atoms with Crippen molar-refractivity contribution in [2.24, 2.45) is 14.1 Å². The molecule has 1 saturated heterocycles. The Morgan fingerprint density at radius 1 is 0.680 bits per heavy atom. The molecular formula is C59H82BBrN4O10. The molecule has 5 aliphatic rings. The van der Waals surface area contributed by atoms with Crippen molar-refractivity contribution >= 4 is 40.6 Å². The molecule has 1 N–H and O–H groups in total. The van der Waals surface area contributed by atoms with Gasteiger partial charge >= 0.3 is 19.1 Å².